The van der Waals surface area contributed by atoms with Crippen LogP contribution in [0.4, 0.5) is 5.82 Å². The SMILES string of the molecule is NC(=O)C(Nc1ncnc2c1oc1ccccc12)c1ccccc1. The fraction of sp³-hybridized carbons (Fsp3) is 0.0556. The maximum atomic E-state index is 11.9. The predicted octanol–water partition coefficient (Wildman–Crippen LogP) is 3.01. The lowest BCUT2D eigenvalue weighted by Crippen LogP contribution is -2.28. The van der Waals surface area contributed by atoms with Crippen molar-refractivity contribution in [1.29, 1.82) is 0 Å². The van der Waals surface area contributed by atoms with Gasteiger partial charge in [-0.2, -0.15) is 0 Å². The molecular formula is C18H14N4O2. The number of fused-ring (bicyclic) bond motifs is 3. The standard InChI is InChI=1S/C18H14N4O2/c19-17(23)14(11-6-2-1-3-7-11)22-18-16-15(20-10-21-18)12-8-4-5-9-13(12)24-16/h1-10,14H,(H2,19,23)(H,20,21,22). The number of carbonyl (C=O) groups excluding carboxylic acids is 1. The molecule has 6 heteroatoms. The molecule has 118 valence electrons. The first-order chi connectivity index (χ1) is 11.7. The van der Waals surface area contributed by atoms with E-state index in [0.29, 0.717) is 22.5 Å². The molecule has 0 spiro atoms. The fourth-order valence-electron chi connectivity index (χ4n) is 2.73. The van der Waals surface area contributed by atoms with Gasteiger partial charge in [-0.25, -0.2) is 9.97 Å². The van der Waals surface area contributed by atoms with Gasteiger partial charge >= 0.3 is 0 Å². The minimum Gasteiger partial charge on any atom is -0.450 e. The topological polar surface area (TPSA) is 94.0 Å². The molecule has 2 heterocycles. The molecule has 0 bridgehead atoms. The molecule has 0 saturated heterocycles. The molecule has 6 nitrogen and oxygen atoms in total. The molecule has 0 aliphatic rings. The van der Waals surface area contributed by atoms with Gasteiger partial charge in [0.05, 0.1) is 0 Å². The smallest absolute Gasteiger partial charge is 0.244 e. The Bertz CT molecular complexity index is 1030. The third kappa shape index (κ3) is 2.34. The highest BCUT2D eigenvalue weighted by molar-refractivity contribution is 6.05. The number of benzene rings is 2. The number of aromatic nitrogens is 2. The van der Waals surface area contributed by atoms with E-state index in [-0.39, 0.29) is 0 Å². The first kappa shape index (κ1) is 14.2. The maximum Gasteiger partial charge on any atom is 0.244 e. The van der Waals surface area contributed by atoms with Crippen LogP contribution in [0.5, 0.6) is 0 Å². The van der Waals surface area contributed by atoms with Gasteiger partial charge in [0.2, 0.25) is 5.91 Å². The first-order valence-corrected chi connectivity index (χ1v) is 7.47. The van der Waals surface area contributed by atoms with Gasteiger partial charge in [-0.15, -0.1) is 0 Å². The molecule has 1 amide bonds. The molecule has 0 saturated carbocycles. The zero-order chi connectivity index (χ0) is 16.5. The summed E-state index contributed by atoms with van der Waals surface area (Å²) in [4.78, 5) is 20.4. The number of para-hydroxylation sites is 1. The van der Waals surface area contributed by atoms with Crippen LogP contribution in [-0.4, -0.2) is 15.9 Å². The molecule has 2 aromatic heterocycles. The molecule has 0 aliphatic heterocycles. The quantitative estimate of drug-likeness (QED) is 0.603. The lowest BCUT2D eigenvalue weighted by Gasteiger charge is -2.16. The van der Waals surface area contributed by atoms with Crippen LogP contribution in [0.1, 0.15) is 11.6 Å². The van der Waals surface area contributed by atoms with E-state index in [2.05, 4.69) is 15.3 Å². The summed E-state index contributed by atoms with van der Waals surface area (Å²) >= 11 is 0. The van der Waals surface area contributed by atoms with E-state index in [4.69, 9.17) is 10.2 Å². The number of primary amides is 1. The zero-order valence-corrected chi connectivity index (χ0v) is 12.6. The molecular weight excluding hydrogens is 304 g/mol. The molecule has 0 radical (unpaired) electrons. The van der Waals surface area contributed by atoms with E-state index >= 15 is 0 Å². The highest BCUT2D eigenvalue weighted by Crippen LogP contribution is 2.31. The van der Waals surface area contributed by atoms with Crippen LogP contribution in [0.25, 0.3) is 22.1 Å². The van der Waals surface area contributed by atoms with Crippen LogP contribution in [0.15, 0.2) is 65.3 Å². The first-order valence-electron chi connectivity index (χ1n) is 7.47. The second-order valence-corrected chi connectivity index (χ2v) is 5.39. The normalized spacial score (nSPS) is 12.3. The van der Waals surface area contributed by atoms with Gasteiger partial charge in [0.1, 0.15) is 23.5 Å². The van der Waals surface area contributed by atoms with Crippen molar-refractivity contribution in [3.63, 3.8) is 0 Å². The van der Waals surface area contributed by atoms with Gasteiger partial charge < -0.3 is 15.5 Å². The minimum absolute atomic E-state index is 0.434. The molecule has 1 unspecified atom stereocenters. The van der Waals surface area contributed by atoms with Crippen LogP contribution in [-0.2, 0) is 4.79 Å². The van der Waals surface area contributed by atoms with E-state index in [0.717, 1.165) is 10.9 Å². The number of hydrogen-bond acceptors (Lipinski definition) is 5. The van der Waals surface area contributed by atoms with Gasteiger partial charge in [0, 0.05) is 5.39 Å². The second kappa shape index (κ2) is 5.66. The molecule has 0 aliphatic carbocycles. The largest absolute Gasteiger partial charge is 0.450 e. The number of anilines is 1. The fourth-order valence-corrected chi connectivity index (χ4v) is 2.73. The summed E-state index contributed by atoms with van der Waals surface area (Å²) in [5.74, 6) is -0.0621. The molecule has 1 atom stereocenters. The number of hydrogen-bond donors (Lipinski definition) is 2. The summed E-state index contributed by atoms with van der Waals surface area (Å²) in [7, 11) is 0. The number of furan rings is 1. The van der Waals surface area contributed by atoms with Crippen molar-refractivity contribution in [2.45, 2.75) is 6.04 Å². The Balaban J connectivity index is 1.82. The number of rotatable bonds is 4. The average Bonchev–Trinajstić information content (AvgIpc) is 2.99. The number of nitrogens with two attached hydrogens (primary N) is 1. The van der Waals surface area contributed by atoms with Crippen molar-refractivity contribution in [3.8, 4) is 0 Å². The number of nitrogens with one attached hydrogen (secondary N) is 1. The zero-order valence-electron chi connectivity index (χ0n) is 12.6. The molecule has 0 fully saturated rings. The van der Waals surface area contributed by atoms with Gasteiger partial charge in [0.25, 0.3) is 0 Å². The highest BCUT2D eigenvalue weighted by Gasteiger charge is 2.21. The summed E-state index contributed by atoms with van der Waals surface area (Å²) < 4.78 is 5.86. The lowest BCUT2D eigenvalue weighted by molar-refractivity contribution is -0.118. The third-order valence-electron chi connectivity index (χ3n) is 3.86. The Hall–Kier alpha value is -3.41. The van der Waals surface area contributed by atoms with Crippen molar-refractivity contribution in [2.24, 2.45) is 5.73 Å². The average molecular weight is 318 g/mol. The Kier molecular flexibility index (Phi) is 3.35. The minimum atomic E-state index is -0.711. The van der Waals surface area contributed by atoms with E-state index < -0.39 is 11.9 Å². The Morgan fingerprint density at radius 3 is 2.58 bits per heavy atom. The van der Waals surface area contributed by atoms with E-state index in [1.165, 1.54) is 6.33 Å². The summed E-state index contributed by atoms with van der Waals surface area (Å²) in [6.07, 6.45) is 1.44. The van der Waals surface area contributed by atoms with Gasteiger partial charge in [-0.05, 0) is 17.7 Å². The van der Waals surface area contributed by atoms with Crippen molar-refractivity contribution in [2.75, 3.05) is 5.32 Å². The lowest BCUT2D eigenvalue weighted by atomic mass is 10.1. The van der Waals surface area contributed by atoms with Gasteiger partial charge in [0.15, 0.2) is 11.4 Å². The second-order valence-electron chi connectivity index (χ2n) is 5.39. The van der Waals surface area contributed by atoms with Crippen LogP contribution < -0.4 is 11.1 Å². The summed E-state index contributed by atoms with van der Waals surface area (Å²) in [5, 5.41) is 3.98. The maximum absolute atomic E-state index is 11.9. The number of amides is 1. The van der Waals surface area contributed by atoms with Crippen molar-refractivity contribution in [3.05, 3.63) is 66.5 Å². The van der Waals surface area contributed by atoms with E-state index in [9.17, 15) is 4.79 Å². The van der Waals surface area contributed by atoms with Crippen LogP contribution in [0, 0.1) is 0 Å². The Labute approximate surface area is 137 Å². The van der Waals surface area contributed by atoms with Crippen LogP contribution in [0.2, 0.25) is 0 Å². The Morgan fingerprint density at radius 1 is 1.04 bits per heavy atom. The molecule has 4 rings (SSSR count). The van der Waals surface area contributed by atoms with Crippen molar-refractivity contribution in [1.82, 2.24) is 9.97 Å². The van der Waals surface area contributed by atoms with Crippen molar-refractivity contribution >= 4 is 33.8 Å². The third-order valence-corrected chi connectivity index (χ3v) is 3.86. The monoisotopic (exact) mass is 318 g/mol. The number of nitrogens with zero attached hydrogens (tertiary/aromatic N) is 2. The van der Waals surface area contributed by atoms with Gasteiger partial charge in [-0.3, -0.25) is 4.79 Å². The number of carbonyl (C=O) groups is 1. The molecule has 3 N–H and O–H groups in total. The van der Waals surface area contributed by atoms with Crippen LogP contribution >= 0.6 is 0 Å². The van der Waals surface area contributed by atoms with Crippen LogP contribution in [0.3, 0.4) is 0 Å². The summed E-state index contributed by atoms with van der Waals surface area (Å²) in [5.41, 5.74) is 8.23. The predicted molar refractivity (Wildman–Crippen MR) is 91.3 cm³/mol. The Morgan fingerprint density at radius 2 is 1.79 bits per heavy atom. The highest BCUT2D eigenvalue weighted by atomic mass is 16.3. The van der Waals surface area contributed by atoms with Crippen molar-refractivity contribution < 1.29 is 9.21 Å². The molecule has 2 aromatic carbocycles. The van der Waals surface area contributed by atoms with E-state index in [1.54, 1.807) is 0 Å². The van der Waals surface area contributed by atoms with Gasteiger partial charge in [-0.1, -0.05) is 42.5 Å². The molecule has 24 heavy (non-hydrogen) atoms. The molecule has 4 aromatic rings. The van der Waals surface area contributed by atoms with E-state index in [1.807, 2.05) is 54.6 Å². The summed E-state index contributed by atoms with van der Waals surface area (Å²) in [6, 6.07) is 16.1. The summed E-state index contributed by atoms with van der Waals surface area (Å²) in [6.45, 7) is 0.